The van der Waals surface area contributed by atoms with E-state index in [2.05, 4.69) is 0 Å². The highest BCUT2D eigenvalue weighted by molar-refractivity contribution is 5.82. The minimum Gasteiger partial charge on any atom is -0.446 e. The number of piperidine rings is 1. The number of benzene rings is 1. The van der Waals surface area contributed by atoms with Crippen LogP contribution in [0.25, 0.3) is 0 Å². The van der Waals surface area contributed by atoms with Crippen LogP contribution >= 0.6 is 0 Å². The first kappa shape index (κ1) is 16.1. The Morgan fingerprint density at radius 3 is 2.41 bits per heavy atom. The maximum atomic E-state index is 12.7. The van der Waals surface area contributed by atoms with Crippen molar-refractivity contribution in [1.29, 1.82) is 0 Å². The molecule has 2 rings (SSSR count). The van der Waals surface area contributed by atoms with Gasteiger partial charge in [0.1, 0.15) is 6.10 Å². The Morgan fingerprint density at radius 1 is 1.23 bits per heavy atom. The molecule has 1 aromatic carbocycles. The van der Waals surface area contributed by atoms with Crippen molar-refractivity contribution < 1.29 is 27.5 Å². The lowest BCUT2D eigenvalue weighted by Crippen LogP contribution is -2.48. The number of halogens is 3. The number of carbonyl (C=O) groups excluding carboxylic acids is 2. The molecule has 1 heterocycles. The fourth-order valence-corrected chi connectivity index (χ4v) is 2.60. The predicted octanol–water partition coefficient (Wildman–Crippen LogP) is 2.38. The lowest BCUT2D eigenvalue weighted by atomic mass is 9.93. The fourth-order valence-electron chi connectivity index (χ4n) is 2.60. The van der Waals surface area contributed by atoms with E-state index in [-0.39, 0.29) is 19.4 Å². The average Bonchev–Trinajstić information content (AvgIpc) is 2.46. The van der Waals surface area contributed by atoms with E-state index in [1.807, 2.05) is 0 Å². The summed E-state index contributed by atoms with van der Waals surface area (Å²) in [4.78, 5) is 23.2. The number of ether oxygens (including phenoxy) is 1. The summed E-state index contributed by atoms with van der Waals surface area (Å²) >= 11 is 0. The summed E-state index contributed by atoms with van der Waals surface area (Å²) in [6, 6.07) is 7.52. The lowest BCUT2D eigenvalue weighted by Gasteiger charge is -2.39. The molecule has 1 fully saturated rings. The minimum atomic E-state index is -4.94. The normalized spacial score (nSPS) is 22.2. The van der Waals surface area contributed by atoms with Crippen molar-refractivity contribution in [3.05, 3.63) is 35.9 Å². The van der Waals surface area contributed by atoms with Gasteiger partial charge in [0.2, 0.25) is 0 Å². The maximum Gasteiger partial charge on any atom is 0.471 e. The van der Waals surface area contributed by atoms with Gasteiger partial charge in [0.15, 0.2) is 0 Å². The predicted molar refractivity (Wildman–Crippen MR) is 70.6 cm³/mol. The summed E-state index contributed by atoms with van der Waals surface area (Å²) < 4.78 is 43.1. The van der Waals surface area contributed by atoms with Crippen LogP contribution in [0.4, 0.5) is 18.0 Å². The number of primary amides is 1. The molecule has 1 aliphatic rings. The summed E-state index contributed by atoms with van der Waals surface area (Å²) in [6.07, 6.45) is -6.33. The van der Waals surface area contributed by atoms with Crippen LogP contribution in [0.1, 0.15) is 24.4 Å². The zero-order chi connectivity index (χ0) is 16.3. The first-order chi connectivity index (χ1) is 10.3. The number of carbonyl (C=O) groups is 2. The largest absolute Gasteiger partial charge is 0.471 e. The van der Waals surface area contributed by atoms with Gasteiger partial charge in [0.05, 0.1) is 6.04 Å². The molecular weight excluding hydrogens is 301 g/mol. The van der Waals surface area contributed by atoms with Crippen LogP contribution in [0.15, 0.2) is 30.3 Å². The van der Waals surface area contributed by atoms with Crippen LogP contribution < -0.4 is 5.73 Å². The fraction of sp³-hybridized carbons (Fsp3) is 0.429. The number of rotatable bonds is 2. The first-order valence-corrected chi connectivity index (χ1v) is 6.68. The van der Waals surface area contributed by atoms with Gasteiger partial charge in [-0.15, -0.1) is 0 Å². The van der Waals surface area contributed by atoms with Crippen LogP contribution in [-0.4, -0.2) is 35.7 Å². The number of amides is 2. The topological polar surface area (TPSA) is 72.6 Å². The molecule has 2 N–H and O–H groups in total. The average molecular weight is 316 g/mol. The van der Waals surface area contributed by atoms with Crippen molar-refractivity contribution in [2.75, 3.05) is 6.54 Å². The van der Waals surface area contributed by atoms with E-state index in [4.69, 9.17) is 10.5 Å². The highest BCUT2D eigenvalue weighted by Gasteiger charge is 2.46. The second kappa shape index (κ2) is 6.25. The van der Waals surface area contributed by atoms with E-state index in [0.29, 0.717) is 5.56 Å². The Kier molecular flexibility index (Phi) is 4.58. The molecular formula is C14H15F3N2O3. The molecule has 1 unspecified atom stereocenters. The number of alkyl halides is 3. The standard InChI is InChI=1S/C14H15F3N2O3/c15-14(16,17)12(20)19-7-6-10(22-13(18)21)8-11(19)9-4-2-1-3-5-9/h1-5,10-11H,6-8H2,(H2,18,21)/t10?,11-/m0/s1. The van der Waals surface area contributed by atoms with Crippen LogP contribution in [0.5, 0.6) is 0 Å². The first-order valence-electron chi connectivity index (χ1n) is 6.68. The van der Waals surface area contributed by atoms with Crippen molar-refractivity contribution >= 4 is 12.0 Å². The van der Waals surface area contributed by atoms with Gasteiger partial charge in [-0.25, -0.2) is 4.79 Å². The van der Waals surface area contributed by atoms with E-state index in [0.717, 1.165) is 4.90 Å². The summed E-state index contributed by atoms with van der Waals surface area (Å²) in [6.45, 7) is -0.157. The van der Waals surface area contributed by atoms with E-state index in [9.17, 15) is 22.8 Å². The maximum absolute atomic E-state index is 12.7. The van der Waals surface area contributed by atoms with Gasteiger partial charge in [0.25, 0.3) is 0 Å². The van der Waals surface area contributed by atoms with Crippen molar-refractivity contribution in [2.24, 2.45) is 5.73 Å². The highest BCUT2D eigenvalue weighted by Crippen LogP contribution is 2.35. The molecule has 0 spiro atoms. The van der Waals surface area contributed by atoms with Gasteiger partial charge in [0, 0.05) is 19.4 Å². The van der Waals surface area contributed by atoms with Crippen molar-refractivity contribution in [1.82, 2.24) is 4.90 Å². The molecule has 1 saturated heterocycles. The molecule has 22 heavy (non-hydrogen) atoms. The van der Waals surface area contributed by atoms with Gasteiger partial charge in [-0.2, -0.15) is 13.2 Å². The van der Waals surface area contributed by atoms with Gasteiger partial charge in [-0.3, -0.25) is 4.79 Å². The Bertz CT molecular complexity index is 548. The second-order valence-electron chi connectivity index (χ2n) is 5.01. The third kappa shape index (κ3) is 3.69. The molecule has 2 amide bonds. The number of nitrogens with zero attached hydrogens (tertiary/aromatic N) is 1. The summed E-state index contributed by atoms with van der Waals surface area (Å²) in [7, 11) is 0. The number of hydrogen-bond donors (Lipinski definition) is 1. The molecule has 0 saturated carbocycles. The molecule has 0 bridgehead atoms. The zero-order valence-corrected chi connectivity index (χ0v) is 11.5. The zero-order valence-electron chi connectivity index (χ0n) is 11.5. The van der Waals surface area contributed by atoms with Crippen LogP contribution in [-0.2, 0) is 9.53 Å². The Morgan fingerprint density at radius 2 is 1.86 bits per heavy atom. The van der Waals surface area contributed by atoms with E-state index in [1.165, 1.54) is 0 Å². The molecule has 8 heteroatoms. The molecule has 0 aromatic heterocycles. The van der Waals surface area contributed by atoms with Crippen molar-refractivity contribution in [3.63, 3.8) is 0 Å². The molecule has 120 valence electrons. The quantitative estimate of drug-likeness (QED) is 0.910. The molecule has 1 aliphatic heterocycles. The molecule has 1 aromatic rings. The number of hydrogen-bond acceptors (Lipinski definition) is 3. The third-order valence-electron chi connectivity index (χ3n) is 3.52. The number of likely N-dealkylation sites (tertiary alicyclic amines) is 1. The van der Waals surface area contributed by atoms with Gasteiger partial charge >= 0.3 is 18.2 Å². The lowest BCUT2D eigenvalue weighted by molar-refractivity contribution is -0.190. The van der Waals surface area contributed by atoms with Gasteiger partial charge in [-0.1, -0.05) is 30.3 Å². The van der Waals surface area contributed by atoms with Gasteiger partial charge < -0.3 is 15.4 Å². The van der Waals surface area contributed by atoms with E-state index in [1.54, 1.807) is 30.3 Å². The highest BCUT2D eigenvalue weighted by atomic mass is 19.4. The van der Waals surface area contributed by atoms with Crippen LogP contribution in [0.2, 0.25) is 0 Å². The smallest absolute Gasteiger partial charge is 0.446 e. The van der Waals surface area contributed by atoms with Crippen LogP contribution in [0, 0.1) is 0 Å². The molecule has 0 aliphatic carbocycles. The Balaban J connectivity index is 2.25. The van der Waals surface area contributed by atoms with E-state index >= 15 is 0 Å². The molecule has 2 atom stereocenters. The molecule has 0 radical (unpaired) electrons. The minimum absolute atomic E-state index is 0.0781. The summed E-state index contributed by atoms with van der Waals surface area (Å²) in [5.74, 6) is -1.89. The SMILES string of the molecule is NC(=O)OC1CCN(C(=O)C(F)(F)F)[C@H](c2ccccc2)C1. The van der Waals surface area contributed by atoms with Crippen molar-refractivity contribution in [3.8, 4) is 0 Å². The van der Waals surface area contributed by atoms with E-state index < -0.39 is 30.3 Å². The summed E-state index contributed by atoms with van der Waals surface area (Å²) in [5, 5.41) is 0. The summed E-state index contributed by atoms with van der Waals surface area (Å²) in [5.41, 5.74) is 5.50. The number of nitrogens with two attached hydrogens (primary N) is 1. The van der Waals surface area contributed by atoms with Gasteiger partial charge in [-0.05, 0) is 5.56 Å². The third-order valence-corrected chi connectivity index (χ3v) is 3.52. The monoisotopic (exact) mass is 316 g/mol. The Hall–Kier alpha value is -2.25. The molecule has 5 nitrogen and oxygen atoms in total. The van der Waals surface area contributed by atoms with Crippen molar-refractivity contribution in [2.45, 2.75) is 31.2 Å². The van der Waals surface area contributed by atoms with Crippen LogP contribution in [0.3, 0.4) is 0 Å². The Labute approximate surface area is 124 Å². The second-order valence-corrected chi connectivity index (χ2v) is 5.01.